The minimum Gasteiger partial charge on any atom is -0.345 e. The second-order valence-electron chi connectivity index (χ2n) is 7.06. The van der Waals surface area contributed by atoms with Crippen LogP contribution in [0.15, 0.2) is 53.0 Å². The molecule has 3 aromatic rings. The Balaban J connectivity index is 1.34. The molecule has 0 unspecified atom stereocenters. The molecule has 2 heterocycles. The van der Waals surface area contributed by atoms with Gasteiger partial charge in [-0.15, -0.1) is 0 Å². The highest BCUT2D eigenvalue weighted by molar-refractivity contribution is 9.10. The topological polar surface area (TPSA) is 61.4 Å². The molecule has 1 fully saturated rings. The molecule has 30 heavy (non-hydrogen) atoms. The van der Waals surface area contributed by atoms with Crippen molar-refractivity contribution < 1.29 is 9.18 Å². The fourth-order valence-corrected chi connectivity index (χ4v) is 4.45. The van der Waals surface area contributed by atoms with Gasteiger partial charge in [-0.25, -0.2) is 14.2 Å². The molecule has 0 spiro atoms. The number of carbonyl (C=O) groups is 1. The lowest BCUT2D eigenvalue weighted by Gasteiger charge is -2.22. The van der Waals surface area contributed by atoms with E-state index in [-0.39, 0.29) is 11.8 Å². The molecule has 1 saturated heterocycles. The fourth-order valence-electron chi connectivity index (χ4n) is 3.31. The van der Waals surface area contributed by atoms with Crippen LogP contribution in [0, 0.1) is 5.82 Å². The Morgan fingerprint density at radius 2 is 1.97 bits per heavy atom. The van der Waals surface area contributed by atoms with Gasteiger partial charge in [-0.1, -0.05) is 34.1 Å². The van der Waals surface area contributed by atoms with Crippen LogP contribution in [-0.2, 0) is 6.42 Å². The maximum Gasteiger partial charge on any atom is 0.321 e. The zero-order valence-electron chi connectivity index (χ0n) is 16.2. The number of carbonyl (C=O) groups excluding carboxylic acids is 1. The molecule has 1 N–H and O–H groups in total. The molecular weight excluding hydrogens is 469 g/mol. The number of halogens is 2. The molecule has 1 aliphatic heterocycles. The Hall–Kier alpha value is -2.52. The molecule has 1 aromatic heterocycles. The van der Waals surface area contributed by atoms with Crippen LogP contribution in [0.3, 0.4) is 0 Å². The highest BCUT2D eigenvalue weighted by atomic mass is 79.9. The first-order valence-electron chi connectivity index (χ1n) is 9.70. The van der Waals surface area contributed by atoms with Crippen LogP contribution in [0.4, 0.5) is 20.0 Å². The summed E-state index contributed by atoms with van der Waals surface area (Å²) in [4.78, 5) is 21.3. The molecule has 0 aliphatic carbocycles. The van der Waals surface area contributed by atoms with Gasteiger partial charge in [-0.3, -0.25) is 0 Å². The zero-order chi connectivity index (χ0) is 20.9. The van der Waals surface area contributed by atoms with Crippen molar-refractivity contribution in [1.82, 2.24) is 14.3 Å². The van der Waals surface area contributed by atoms with Gasteiger partial charge in [0, 0.05) is 54.3 Å². The summed E-state index contributed by atoms with van der Waals surface area (Å²) >= 11 is 4.79. The first-order valence-corrected chi connectivity index (χ1v) is 11.3. The van der Waals surface area contributed by atoms with E-state index in [1.165, 1.54) is 23.7 Å². The van der Waals surface area contributed by atoms with E-state index >= 15 is 0 Å². The molecule has 6 nitrogen and oxygen atoms in total. The van der Waals surface area contributed by atoms with Crippen LogP contribution in [-0.4, -0.2) is 46.5 Å². The lowest BCUT2D eigenvalue weighted by molar-refractivity contribution is 0.215. The minimum absolute atomic E-state index is 0.0933. The molecule has 156 valence electrons. The van der Waals surface area contributed by atoms with Crippen LogP contribution in [0.2, 0.25) is 0 Å². The number of anilines is 2. The quantitative estimate of drug-likeness (QED) is 0.572. The maximum absolute atomic E-state index is 13.1. The first kappa shape index (κ1) is 20.7. The second-order valence-corrected chi connectivity index (χ2v) is 8.71. The summed E-state index contributed by atoms with van der Waals surface area (Å²) in [5.41, 5.74) is 1.75. The highest BCUT2D eigenvalue weighted by Gasteiger charge is 2.21. The average Bonchev–Trinajstić information content (AvgIpc) is 3.04. The number of amides is 2. The van der Waals surface area contributed by atoms with Crippen LogP contribution in [0.25, 0.3) is 0 Å². The van der Waals surface area contributed by atoms with Crippen molar-refractivity contribution in [3.63, 3.8) is 0 Å². The Labute approximate surface area is 187 Å². The summed E-state index contributed by atoms with van der Waals surface area (Å²) in [5.74, 6) is 0.485. The lowest BCUT2D eigenvalue weighted by atomic mass is 10.1. The van der Waals surface area contributed by atoms with Gasteiger partial charge >= 0.3 is 6.03 Å². The van der Waals surface area contributed by atoms with Crippen LogP contribution >= 0.6 is 27.5 Å². The number of rotatable bonds is 4. The molecule has 0 radical (unpaired) electrons. The number of hydrogen-bond acceptors (Lipinski definition) is 5. The Morgan fingerprint density at radius 3 is 2.77 bits per heavy atom. The summed E-state index contributed by atoms with van der Waals surface area (Å²) in [6.07, 6.45) is 1.44. The molecule has 4 rings (SSSR count). The number of urea groups is 1. The Bertz CT molecular complexity index is 1010. The van der Waals surface area contributed by atoms with Crippen molar-refractivity contribution in [1.29, 1.82) is 0 Å². The maximum atomic E-state index is 13.1. The summed E-state index contributed by atoms with van der Waals surface area (Å²) < 4.78 is 18.5. The predicted octanol–water partition coefficient (Wildman–Crippen LogP) is 4.77. The van der Waals surface area contributed by atoms with E-state index in [0.29, 0.717) is 26.1 Å². The second kappa shape index (κ2) is 9.53. The number of nitrogens with zero attached hydrogens (tertiary/aromatic N) is 4. The third kappa shape index (κ3) is 5.34. The molecule has 0 saturated carbocycles. The van der Waals surface area contributed by atoms with Gasteiger partial charge in [0.05, 0.1) is 0 Å². The van der Waals surface area contributed by atoms with Gasteiger partial charge in [0.1, 0.15) is 11.6 Å². The van der Waals surface area contributed by atoms with Gasteiger partial charge in [-0.2, -0.15) is 4.37 Å². The third-order valence-corrected chi connectivity index (χ3v) is 6.17. The van der Waals surface area contributed by atoms with E-state index in [9.17, 15) is 9.18 Å². The zero-order valence-corrected chi connectivity index (χ0v) is 18.6. The molecule has 1 aliphatic rings. The van der Waals surface area contributed by atoms with Crippen molar-refractivity contribution in [3.8, 4) is 0 Å². The monoisotopic (exact) mass is 489 g/mol. The summed E-state index contributed by atoms with van der Waals surface area (Å²) in [6, 6.07) is 13.9. The Morgan fingerprint density at radius 1 is 1.13 bits per heavy atom. The molecule has 2 amide bonds. The van der Waals surface area contributed by atoms with Gasteiger partial charge in [0.2, 0.25) is 5.13 Å². The van der Waals surface area contributed by atoms with Gasteiger partial charge in [0.15, 0.2) is 0 Å². The lowest BCUT2D eigenvalue weighted by Crippen LogP contribution is -2.38. The summed E-state index contributed by atoms with van der Waals surface area (Å²) in [5, 5.41) is 3.82. The minimum atomic E-state index is -0.247. The molecule has 0 atom stereocenters. The van der Waals surface area contributed by atoms with E-state index in [1.54, 1.807) is 12.1 Å². The fraction of sp³-hybridized carbons (Fsp3) is 0.286. The van der Waals surface area contributed by atoms with E-state index < -0.39 is 0 Å². The molecule has 9 heteroatoms. The van der Waals surface area contributed by atoms with Crippen molar-refractivity contribution in [3.05, 3.63) is 70.2 Å². The first-order chi connectivity index (χ1) is 14.6. The molecule has 2 aromatic carbocycles. The average molecular weight is 490 g/mol. The van der Waals surface area contributed by atoms with Crippen LogP contribution in [0.5, 0.6) is 0 Å². The number of benzene rings is 2. The van der Waals surface area contributed by atoms with Crippen LogP contribution < -0.4 is 10.2 Å². The smallest absolute Gasteiger partial charge is 0.321 e. The van der Waals surface area contributed by atoms with Crippen molar-refractivity contribution >= 4 is 44.3 Å². The van der Waals surface area contributed by atoms with E-state index in [2.05, 4.69) is 35.5 Å². The predicted molar refractivity (Wildman–Crippen MR) is 121 cm³/mol. The van der Waals surface area contributed by atoms with E-state index in [1.807, 2.05) is 29.2 Å². The van der Waals surface area contributed by atoms with Gasteiger partial charge < -0.3 is 15.1 Å². The molecular formula is C21H21BrFN5OS. The summed E-state index contributed by atoms with van der Waals surface area (Å²) in [6.45, 7) is 2.84. The number of hydrogen-bond donors (Lipinski definition) is 1. The Kier molecular flexibility index (Phi) is 6.59. The van der Waals surface area contributed by atoms with Gasteiger partial charge in [0.25, 0.3) is 0 Å². The number of aromatic nitrogens is 2. The van der Waals surface area contributed by atoms with Crippen molar-refractivity contribution in [2.24, 2.45) is 0 Å². The highest BCUT2D eigenvalue weighted by Crippen LogP contribution is 2.21. The van der Waals surface area contributed by atoms with Crippen LogP contribution in [0.1, 0.15) is 17.8 Å². The normalized spacial score (nSPS) is 14.5. The van der Waals surface area contributed by atoms with Crippen molar-refractivity contribution in [2.75, 3.05) is 36.4 Å². The number of nitrogens with one attached hydrogen (secondary N) is 1. The SMILES string of the molecule is O=C(Nc1cccc(Br)c1)N1CCCN(c2nc(Cc3ccc(F)cc3)ns2)CC1. The largest absolute Gasteiger partial charge is 0.345 e. The third-order valence-electron chi connectivity index (χ3n) is 4.86. The van der Waals surface area contributed by atoms with Crippen molar-refractivity contribution in [2.45, 2.75) is 12.8 Å². The molecule has 0 bridgehead atoms. The van der Waals surface area contributed by atoms with Gasteiger partial charge in [-0.05, 0) is 42.3 Å². The van der Waals surface area contributed by atoms with E-state index in [0.717, 1.165) is 39.6 Å². The standard InChI is InChI=1S/C21H21BrFN5OS/c22-16-3-1-4-18(14-16)24-20(29)27-9-2-10-28(12-11-27)21-25-19(26-30-21)13-15-5-7-17(23)8-6-15/h1,3-8,14H,2,9-13H2,(H,24,29). The van der Waals surface area contributed by atoms with E-state index in [4.69, 9.17) is 0 Å². The summed E-state index contributed by atoms with van der Waals surface area (Å²) in [7, 11) is 0.